The highest BCUT2D eigenvalue weighted by molar-refractivity contribution is 5.92. The number of rotatable bonds is 2. The lowest BCUT2D eigenvalue weighted by atomic mass is 10.2. The Kier molecular flexibility index (Phi) is 4.34. The zero-order valence-corrected chi connectivity index (χ0v) is 10.8. The zero-order valence-electron chi connectivity index (χ0n) is 10.8. The third kappa shape index (κ3) is 3.89. The van der Waals surface area contributed by atoms with Crippen LogP contribution in [-0.2, 0) is 9.57 Å². The second kappa shape index (κ2) is 5.35. The van der Waals surface area contributed by atoms with Crippen molar-refractivity contribution in [2.24, 2.45) is 5.16 Å². The molecule has 6 nitrogen and oxygen atoms in total. The van der Waals surface area contributed by atoms with Crippen LogP contribution in [0.15, 0.2) is 5.16 Å². The molecule has 1 amide bonds. The van der Waals surface area contributed by atoms with Crippen LogP contribution in [0.2, 0.25) is 0 Å². The summed E-state index contributed by atoms with van der Waals surface area (Å²) < 4.78 is 5.26. The van der Waals surface area contributed by atoms with Gasteiger partial charge in [0.25, 0.3) is 0 Å². The molecule has 0 bridgehead atoms. The van der Waals surface area contributed by atoms with Crippen LogP contribution in [0.1, 0.15) is 27.2 Å². The van der Waals surface area contributed by atoms with Gasteiger partial charge < -0.3 is 14.7 Å². The first-order valence-electron chi connectivity index (χ1n) is 5.56. The number of aliphatic hydroxyl groups is 1. The average Bonchev–Trinajstić information content (AvgIpc) is 2.59. The Labute approximate surface area is 101 Å². The van der Waals surface area contributed by atoms with E-state index in [1.807, 2.05) is 0 Å². The second-order valence-corrected chi connectivity index (χ2v) is 4.99. The van der Waals surface area contributed by atoms with Crippen LogP contribution in [0.3, 0.4) is 0 Å². The highest BCUT2D eigenvalue weighted by Crippen LogP contribution is 2.19. The quantitative estimate of drug-likeness (QED) is 0.735. The monoisotopic (exact) mass is 244 g/mol. The third-order valence-corrected chi connectivity index (χ3v) is 2.32. The summed E-state index contributed by atoms with van der Waals surface area (Å²) in [6.45, 7) is 5.65. The fourth-order valence-electron chi connectivity index (χ4n) is 1.66. The van der Waals surface area contributed by atoms with Crippen molar-refractivity contribution in [2.75, 3.05) is 20.3 Å². The molecule has 0 spiro atoms. The van der Waals surface area contributed by atoms with E-state index in [2.05, 4.69) is 9.99 Å². The molecule has 1 fully saturated rings. The number of ether oxygens (including phenoxy) is 1. The predicted molar refractivity (Wildman–Crippen MR) is 62.9 cm³/mol. The molecule has 6 heteroatoms. The van der Waals surface area contributed by atoms with Gasteiger partial charge in [-0.15, -0.1) is 0 Å². The van der Waals surface area contributed by atoms with E-state index in [-0.39, 0.29) is 12.6 Å². The predicted octanol–water partition coefficient (Wildman–Crippen LogP) is 0.990. The molecule has 1 heterocycles. The van der Waals surface area contributed by atoms with Crippen molar-refractivity contribution >= 4 is 11.8 Å². The molecule has 98 valence electrons. The van der Waals surface area contributed by atoms with Crippen molar-refractivity contribution in [3.63, 3.8) is 0 Å². The lowest BCUT2D eigenvalue weighted by molar-refractivity contribution is 0.0180. The van der Waals surface area contributed by atoms with Gasteiger partial charge in [0.2, 0.25) is 0 Å². The van der Waals surface area contributed by atoms with Gasteiger partial charge in [-0.05, 0) is 20.8 Å². The minimum atomic E-state index is -0.543. The average molecular weight is 244 g/mol. The number of carbonyl (C=O) groups is 1. The number of aliphatic hydroxyl groups excluding tert-OH is 1. The number of nitrogens with zero attached hydrogens (tertiary/aromatic N) is 2. The standard InChI is InChI=1S/C11H20N2O4/c1-11(2,3)17-10(15)13-6-8(12-16-4)5-9(13)7-14/h9,14H,5-7H2,1-4H3/t9-/m0/s1. The van der Waals surface area contributed by atoms with Crippen molar-refractivity contribution in [2.45, 2.75) is 38.8 Å². The topological polar surface area (TPSA) is 71.4 Å². The van der Waals surface area contributed by atoms with Gasteiger partial charge in [0.15, 0.2) is 0 Å². The fourth-order valence-corrected chi connectivity index (χ4v) is 1.66. The van der Waals surface area contributed by atoms with Crippen molar-refractivity contribution < 1.29 is 19.5 Å². The third-order valence-electron chi connectivity index (χ3n) is 2.32. The SMILES string of the molecule is CON=C1C[C@@H](CO)N(C(=O)OC(C)(C)C)C1. The van der Waals surface area contributed by atoms with Crippen LogP contribution in [0.4, 0.5) is 4.79 Å². The van der Waals surface area contributed by atoms with Crippen LogP contribution in [0.5, 0.6) is 0 Å². The second-order valence-electron chi connectivity index (χ2n) is 4.99. The van der Waals surface area contributed by atoms with E-state index in [1.54, 1.807) is 20.8 Å². The fraction of sp³-hybridized carbons (Fsp3) is 0.818. The largest absolute Gasteiger partial charge is 0.444 e. The molecular formula is C11H20N2O4. The van der Waals surface area contributed by atoms with Gasteiger partial charge in [-0.25, -0.2) is 4.79 Å². The van der Waals surface area contributed by atoms with E-state index in [1.165, 1.54) is 12.0 Å². The smallest absolute Gasteiger partial charge is 0.410 e. The van der Waals surface area contributed by atoms with Crippen LogP contribution in [-0.4, -0.2) is 53.7 Å². The molecule has 0 aromatic carbocycles. The molecule has 0 aliphatic carbocycles. The summed E-state index contributed by atoms with van der Waals surface area (Å²) in [5, 5.41) is 13.0. The van der Waals surface area contributed by atoms with Crippen molar-refractivity contribution in [3.05, 3.63) is 0 Å². The summed E-state index contributed by atoms with van der Waals surface area (Å²) in [4.78, 5) is 18.0. The van der Waals surface area contributed by atoms with Gasteiger partial charge in [0.05, 0.1) is 24.9 Å². The summed E-state index contributed by atoms with van der Waals surface area (Å²) in [5.41, 5.74) is 0.190. The number of hydrogen-bond acceptors (Lipinski definition) is 5. The van der Waals surface area contributed by atoms with Gasteiger partial charge in [-0.3, -0.25) is 4.90 Å². The van der Waals surface area contributed by atoms with Crippen LogP contribution in [0, 0.1) is 0 Å². The summed E-state index contributed by atoms with van der Waals surface area (Å²) >= 11 is 0. The maximum atomic E-state index is 11.9. The highest BCUT2D eigenvalue weighted by Gasteiger charge is 2.35. The molecule has 1 N–H and O–H groups in total. The number of carbonyl (C=O) groups excluding carboxylic acids is 1. The van der Waals surface area contributed by atoms with Crippen molar-refractivity contribution in [3.8, 4) is 0 Å². The van der Waals surface area contributed by atoms with E-state index < -0.39 is 11.7 Å². The Hall–Kier alpha value is -1.30. The van der Waals surface area contributed by atoms with Gasteiger partial charge in [-0.1, -0.05) is 5.16 Å². The number of amides is 1. The van der Waals surface area contributed by atoms with Gasteiger partial charge in [0, 0.05) is 6.42 Å². The minimum Gasteiger partial charge on any atom is -0.444 e. The summed E-state index contributed by atoms with van der Waals surface area (Å²) in [6, 6.07) is -0.279. The van der Waals surface area contributed by atoms with Gasteiger partial charge in [0.1, 0.15) is 12.7 Å². The molecule has 0 saturated carbocycles. The summed E-state index contributed by atoms with van der Waals surface area (Å²) in [6.07, 6.45) is 0.0849. The molecule has 17 heavy (non-hydrogen) atoms. The Morgan fingerprint density at radius 2 is 2.24 bits per heavy atom. The summed E-state index contributed by atoms with van der Waals surface area (Å²) in [7, 11) is 1.46. The summed E-state index contributed by atoms with van der Waals surface area (Å²) in [5.74, 6) is 0. The van der Waals surface area contributed by atoms with Gasteiger partial charge in [-0.2, -0.15) is 0 Å². The molecule has 0 aromatic heterocycles. The van der Waals surface area contributed by atoms with Crippen molar-refractivity contribution in [1.82, 2.24) is 4.90 Å². The molecular weight excluding hydrogens is 224 g/mol. The number of hydrogen-bond donors (Lipinski definition) is 1. The number of oxime groups is 1. The Morgan fingerprint density at radius 1 is 1.59 bits per heavy atom. The molecule has 1 saturated heterocycles. The Bertz CT molecular complexity index is 309. The first-order valence-corrected chi connectivity index (χ1v) is 5.56. The van der Waals surface area contributed by atoms with Gasteiger partial charge >= 0.3 is 6.09 Å². The molecule has 0 unspecified atom stereocenters. The van der Waals surface area contributed by atoms with Crippen molar-refractivity contribution in [1.29, 1.82) is 0 Å². The van der Waals surface area contributed by atoms with Crippen LogP contribution in [0.25, 0.3) is 0 Å². The maximum absolute atomic E-state index is 11.9. The van der Waals surface area contributed by atoms with E-state index in [4.69, 9.17) is 4.74 Å². The maximum Gasteiger partial charge on any atom is 0.410 e. The molecule has 1 atom stereocenters. The molecule has 1 aliphatic heterocycles. The molecule has 0 radical (unpaired) electrons. The van der Waals surface area contributed by atoms with E-state index in [0.29, 0.717) is 13.0 Å². The molecule has 0 aromatic rings. The first-order chi connectivity index (χ1) is 7.87. The van der Waals surface area contributed by atoms with Crippen LogP contribution < -0.4 is 0 Å². The molecule has 1 aliphatic rings. The highest BCUT2D eigenvalue weighted by atomic mass is 16.6. The Morgan fingerprint density at radius 3 is 2.71 bits per heavy atom. The zero-order chi connectivity index (χ0) is 13.1. The van der Waals surface area contributed by atoms with E-state index >= 15 is 0 Å². The lowest BCUT2D eigenvalue weighted by Gasteiger charge is -2.27. The normalized spacial score (nSPS) is 23.0. The van der Waals surface area contributed by atoms with Crippen LogP contribution >= 0.6 is 0 Å². The minimum absolute atomic E-state index is 0.109. The lowest BCUT2D eigenvalue weighted by Crippen LogP contribution is -2.41. The molecule has 1 rings (SSSR count). The Balaban J connectivity index is 2.69. The van der Waals surface area contributed by atoms with E-state index in [9.17, 15) is 9.90 Å². The number of likely N-dealkylation sites (tertiary alicyclic amines) is 1. The van der Waals surface area contributed by atoms with E-state index in [0.717, 1.165) is 5.71 Å². The first kappa shape index (κ1) is 13.8.